The van der Waals surface area contributed by atoms with Gasteiger partial charge in [-0.15, -0.1) is 0 Å². The van der Waals surface area contributed by atoms with Crippen LogP contribution in [0.1, 0.15) is 65.2 Å². The summed E-state index contributed by atoms with van der Waals surface area (Å²) in [5.74, 6) is -1.99. The molecule has 1 saturated heterocycles. The number of aromatic amines is 1. The van der Waals surface area contributed by atoms with E-state index in [4.69, 9.17) is 0 Å². The van der Waals surface area contributed by atoms with Gasteiger partial charge in [-0.3, -0.25) is 4.79 Å². The fourth-order valence-electron chi connectivity index (χ4n) is 4.31. The Morgan fingerprint density at radius 3 is 2.62 bits per heavy atom. The number of hydrogen-bond acceptors (Lipinski definition) is 4. The average molecular weight is 489 g/mol. The number of H-pyrrole nitrogens is 1. The molecule has 7 nitrogen and oxygen atoms in total. The minimum Gasteiger partial charge on any atom is -0.350 e. The van der Waals surface area contributed by atoms with E-state index in [1.165, 1.54) is 23.8 Å². The zero-order valence-electron chi connectivity index (χ0n) is 18.8. The summed E-state index contributed by atoms with van der Waals surface area (Å²) in [7, 11) is -3.78. The molecule has 0 radical (unpaired) electrons. The molecule has 3 aromatic rings. The second kappa shape index (κ2) is 9.63. The second-order valence-electron chi connectivity index (χ2n) is 8.53. The van der Waals surface area contributed by atoms with E-state index in [0.717, 1.165) is 12.1 Å². The average Bonchev–Trinajstić information content (AvgIpc) is 3.34. The van der Waals surface area contributed by atoms with Crippen molar-refractivity contribution in [1.82, 2.24) is 19.6 Å². The minimum atomic E-state index is -3.78. The normalized spacial score (nSPS) is 21.2. The molecular weight excluding hydrogens is 462 g/mol. The Morgan fingerprint density at radius 1 is 1.21 bits per heavy atom. The van der Waals surface area contributed by atoms with Gasteiger partial charge in [-0.2, -0.15) is 4.31 Å². The standard InChI is InChI=1S/C24H26F2N4O3S/c1-15-8-9-23(17-6-4-3-5-7-17)34(32,33)30(15)13-18-10-21(26)19(11-20(18)25)16(2)29-24(31)22-12-27-14-28-22/h3-7,10-12,14-16,23H,8-9,13H2,1-2H3,(H,27,28)(H,29,31)/t15-,16?,23+/m0/s1. The number of carbonyl (C=O) groups excluding carboxylic acids is 1. The van der Waals surface area contributed by atoms with Crippen molar-refractivity contribution in [3.8, 4) is 0 Å². The zero-order chi connectivity index (χ0) is 24.5. The van der Waals surface area contributed by atoms with Gasteiger partial charge in [0.1, 0.15) is 22.6 Å². The quantitative estimate of drug-likeness (QED) is 0.543. The van der Waals surface area contributed by atoms with E-state index in [2.05, 4.69) is 15.3 Å². The summed E-state index contributed by atoms with van der Waals surface area (Å²) in [6.07, 6.45) is 3.81. The molecule has 3 atom stereocenters. The van der Waals surface area contributed by atoms with Crippen molar-refractivity contribution in [2.24, 2.45) is 0 Å². The highest BCUT2D eigenvalue weighted by atomic mass is 32.2. The summed E-state index contributed by atoms with van der Waals surface area (Å²) >= 11 is 0. The molecule has 34 heavy (non-hydrogen) atoms. The summed E-state index contributed by atoms with van der Waals surface area (Å²) in [4.78, 5) is 18.7. The maximum Gasteiger partial charge on any atom is 0.271 e. The maximum absolute atomic E-state index is 15.0. The molecule has 2 aromatic carbocycles. The van der Waals surface area contributed by atoms with E-state index in [1.807, 2.05) is 6.07 Å². The van der Waals surface area contributed by atoms with Gasteiger partial charge in [-0.05, 0) is 44.4 Å². The summed E-state index contributed by atoms with van der Waals surface area (Å²) in [5.41, 5.74) is 0.711. The van der Waals surface area contributed by atoms with Crippen LogP contribution in [0.15, 0.2) is 55.0 Å². The molecule has 4 rings (SSSR count). The van der Waals surface area contributed by atoms with Crippen LogP contribution in [0.4, 0.5) is 8.78 Å². The van der Waals surface area contributed by atoms with Crippen molar-refractivity contribution < 1.29 is 22.0 Å². The van der Waals surface area contributed by atoms with Gasteiger partial charge >= 0.3 is 0 Å². The number of nitrogens with one attached hydrogen (secondary N) is 2. The molecule has 1 aliphatic rings. The first-order valence-corrected chi connectivity index (χ1v) is 12.5. The van der Waals surface area contributed by atoms with Gasteiger partial charge in [0, 0.05) is 29.9 Å². The Bertz CT molecular complexity index is 1270. The molecule has 1 aromatic heterocycles. The Hall–Kier alpha value is -3.11. The smallest absolute Gasteiger partial charge is 0.271 e. The number of rotatable bonds is 6. The van der Waals surface area contributed by atoms with Crippen LogP contribution in [0.5, 0.6) is 0 Å². The number of halogens is 2. The van der Waals surface area contributed by atoms with Crippen LogP contribution in [0.25, 0.3) is 0 Å². The Balaban J connectivity index is 1.56. The highest BCUT2D eigenvalue weighted by Crippen LogP contribution is 2.38. The predicted octanol–water partition coefficient (Wildman–Crippen LogP) is 4.23. The molecule has 2 heterocycles. The Labute approximate surface area is 197 Å². The third-order valence-electron chi connectivity index (χ3n) is 6.23. The molecule has 1 unspecified atom stereocenters. The van der Waals surface area contributed by atoms with Gasteiger partial charge in [0.2, 0.25) is 10.0 Å². The fraction of sp³-hybridized carbons (Fsp3) is 0.333. The first-order valence-electron chi connectivity index (χ1n) is 11.0. The molecule has 180 valence electrons. The monoisotopic (exact) mass is 488 g/mol. The third-order valence-corrected chi connectivity index (χ3v) is 8.60. The van der Waals surface area contributed by atoms with Crippen molar-refractivity contribution in [2.75, 3.05) is 0 Å². The molecule has 1 fully saturated rings. The van der Waals surface area contributed by atoms with Crippen molar-refractivity contribution >= 4 is 15.9 Å². The van der Waals surface area contributed by atoms with Crippen molar-refractivity contribution in [3.63, 3.8) is 0 Å². The van der Waals surface area contributed by atoms with E-state index >= 15 is 4.39 Å². The first-order chi connectivity index (χ1) is 16.2. The topological polar surface area (TPSA) is 95.2 Å². The van der Waals surface area contributed by atoms with Gasteiger partial charge < -0.3 is 10.3 Å². The number of aromatic nitrogens is 2. The molecule has 0 bridgehead atoms. The summed E-state index contributed by atoms with van der Waals surface area (Å²) in [6.45, 7) is 3.03. The van der Waals surface area contributed by atoms with Crippen molar-refractivity contribution in [3.05, 3.63) is 89.0 Å². The van der Waals surface area contributed by atoms with E-state index in [1.54, 1.807) is 31.2 Å². The highest BCUT2D eigenvalue weighted by Gasteiger charge is 2.40. The Kier molecular flexibility index (Phi) is 6.81. The Morgan fingerprint density at radius 2 is 1.94 bits per heavy atom. The van der Waals surface area contributed by atoms with Crippen molar-refractivity contribution in [2.45, 2.75) is 50.6 Å². The third kappa shape index (κ3) is 4.74. The lowest BCUT2D eigenvalue weighted by molar-refractivity contribution is 0.0934. The van der Waals surface area contributed by atoms with Crippen LogP contribution < -0.4 is 5.32 Å². The number of imidazole rings is 1. The van der Waals surface area contributed by atoms with E-state index in [9.17, 15) is 17.6 Å². The van der Waals surface area contributed by atoms with Gasteiger partial charge in [0.25, 0.3) is 5.91 Å². The summed E-state index contributed by atoms with van der Waals surface area (Å²) < 4.78 is 58.0. The molecular formula is C24H26F2N4O3S. The van der Waals surface area contributed by atoms with Gasteiger partial charge in [-0.25, -0.2) is 22.2 Å². The van der Waals surface area contributed by atoms with E-state index < -0.39 is 38.9 Å². The van der Waals surface area contributed by atoms with Gasteiger partial charge in [0.05, 0.1) is 12.4 Å². The van der Waals surface area contributed by atoms with Crippen LogP contribution in [0.2, 0.25) is 0 Å². The number of sulfonamides is 1. The van der Waals surface area contributed by atoms with Crippen molar-refractivity contribution in [1.29, 1.82) is 0 Å². The van der Waals surface area contributed by atoms with E-state index in [0.29, 0.717) is 18.4 Å². The number of carbonyl (C=O) groups is 1. The first kappa shape index (κ1) is 24.0. The molecule has 10 heteroatoms. The SMILES string of the molecule is CC(NC(=O)c1c[nH]cn1)c1cc(F)c(CN2[C@@H](C)CC[C@H](c3ccccc3)S2(=O)=O)cc1F. The van der Waals surface area contributed by atoms with Crippen LogP contribution in [0.3, 0.4) is 0 Å². The largest absolute Gasteiger partial charge is 0.350 e. The lowest BCUT2D eigenvalue weighted by atomic mass is 10.0. The summed E-state index contributed by atoms with van der Waals surface area (Å²) in [5, 5.41) is 1.85. The minimum absolute atomic E-state index is 0.0400. The molecule has 0 aliphatic carbocycles. The lowest BCUT2D eigenvalue weighted by Gasteiger charge is -2.37. The molecule has 0 saturated carbocycles. The van der Waals surface area contributed by atoms with Crippen LogP contribution in [-0.4, -0.2) is 34.6 Å². The van der Waals surface area contributed by atoms with Gasteiger partial charge in [-0.1, -0.05) is 30.3 Å². The number of benzene rings is 2. The molecule has 2 N–H and O–H groups in total. The molecule has 0 spiro atoms. The number of nitrogens with zero attached hydrogens (tertiary/aromatic N) is 2. The fourth-order valence-corrected chi connectivity index (χ4v) is 6.50. The molecule has 1 aliphatic heterocycles. The van der Waals surface area contributed by atoms with Crippen LogP contribution >= 0.6 is 0 Å². The summed E-state index contributed by atoms with van der Waals surface area (Å²) in [6, 6.07) is 9.77. The lowest BCUT2D eigenvalue weighted by Crippen LogP contribution is -2.44. The predicted molar refractivity (Wildman–Crippen MR) is 123 cm³/mol. The van der Waals surface area contributed by atoms with E-state index in [-0.39, 0.29) is 29.4 Å². The maximum atomic E-state index is 15.0. The number of amides is 1. The highest BCUT2D eigenvalue weighted by molar-refractivity contribution is 7.89. The van der Waals surface area contributed by atoms with Crippen LogP contribution in [0, 0.1) is 11.6 Å². The van der Waals surface area contributed by atoms with Gasteiger partial charge in [0.15, 0.2) is 0 Å². The molecule has 1 amide bonds. The van der Waals surface area contributed by atoms with Crippen LogP contribution in [-0.2, 0) is 16.6 Å². The second-order valence-corrected chi connectivity index (χ2v) is 10.6. The number of hydrogen-bond donors (Lipinski definition) is 2. The zero-order valence-corrected chi connectivity index (χ0v) is 19.6.